The molecule has 0 aliphatic heterocycles. The van der Waals surface area contributed by atoms with Crippen molar-refractivity contribution in [1.82, 2.24) is 0 Å². The summed E-state index contributed by atoms with van der Waals surface area (Å²) in [6, 6.07) is 3.66. The Morgan fingerprint density at radius 3 is 2.35 bits per heavy atom. The van der Waals surface area contributed by atoms with Crippen molar-refractivity contribution in [2.45, 2.75) is 12.6 Å². The molecule has 0 fully saturated rings. The van der Waals surface area contributed by atoms with E-state index in [1.54, 1.807) is 0 Å². The van der Waals surface area contributed by atoms with Crippen LogP contribution in [0.4, 0.5) is 22.0 Å². The summed E-state index contributed by atoms with van der Waals surface area (Å²) in [6.07, 6.45) is -7.45. The molecule has 1 aromatic rings. The molecule has 0 spiro atoms. The maximum Gasteiger partial charge on any atom is 0.416 e. The van der Waals surface area contributed by atoms with Crippen molar-refractivity contribution in [3.63, 3.8) is 0 Å². The summed E-state index contributed by atoms with van der Waals surface area (Å²) < 4.78 is 65.2. The van der Waals surface area contributed by atoms with Crippen LogP contribution in [0.5, 0.6) is 5.75 Å². The zero-order chi connectivity index (χ0) is 13.1. The van der Waals surface area contributed by atoms with E-state index < -0.39 is 30.5 Å². The second kappa shape index (κ2) is 4.99. The maximum absolute atomic E-state index is 12.4. The van der Waals surface area contributed by atoms with Gasteiger partial charge >= 0.3 is 6.18 Å². The van der Waals surface area contributed by atoms with Crippen LogP contribution in [0.25, 0.3) is 0 Å². The van der Waals surface area contributed by atoms with Crippen LogP contribution in [-0.4, -0.2) is 13.0 Å². The number of benzene rings is 1. The lowest BCUT2D eigenvalue weighted by atomic mass is 10.1. The van der Waals surface area contributed by atoms with Crippen molar-refractivity contribution in [2.75, 3.05) is 6.61 Å². The summed E-state index contributed by atoms with van der Waals surface area (Å²) in [7, 11) is 0. The molecule has 0 saturated heterocycles. The molecule has 1 aromatic carbocycles. The summed E-state index contributed by atoms with van der Waals surface area (Å²) in [5.74, 6) is -0.406. The molecule has 0 heterocycles. The normalized spacial score (nSPS) is 11.4. The van der Waals surface area contributed by atoms with E-state index in [4.69, 9.17) is 5.26 Å². The second-order valence-corrected chi connectivity index (χ2v) is 3.06. The fourth-order valence-electron chi connectivity index (χ4n) is 1.07. The first-order valence-corrected chi connectivity index (χ1v) is 4.36. The van der Waals surface area contributed by atoms with E-state index in [0.717, 1.165) is 6.07 Å². The molecule has 0 aliphatic rings. The highest BCUT2D eigenvalue weighted by atomic mass is 19.4. The Kier molecular flexibility index (Phi) is 3.89. The van der Waals surface area contributed by atoms with Crippen LogP contribution in [0, 0.1) is 11.3 Å². The first kappa shape index (κ1) is 13.2. The van der Waals surface area contributed by atoms with Gasteiger partial charge < -0.3 is 4.74 Å². The molecule has 0 unspecified atom stereocenters. The average molecular weight is 251 g/mol. The van der Waals surface area contributed by atoms with Crippen molar-refractivity contribution in [3.8, 4) is 11.8 Å². The van der Waals surface area contributed by atoms with Gasteiger partial charge in [-0.1, -0.05) is 0 Å². The minimum Gasteiger partial charge on any atom is -0.488 e. The zero-order valence-electron chi connectivity index (χ0n) is 8.26. The monoisotopic (exact) mass is 251 g/mol. The summed E-state index contributed by atoms with van der Waals surface area (Å²) in [6.45, 7) is -1.02. The molecule has 0 aliphatic carbocycles. The summed E-state index contributed by atoms with van der Waals surface area (Å²) in [5.41, 5.74) is -1.41. The van der Waals surface area contributed by atoms with E-state index in [2.05, 4.69) is 4.74 Å². The Labute approximate surface area is 93.2 Å². The van der Waals surface area contributed by atoms with Crippen molar-refractivity contribution in [2.24, 2.45) is 0 Å². The molecule has 2 nitrogen and oxygen atoms in total. The van der Waals surface area contributed by atoms with Gasteiger partial charge in [0.25, 0.3) is 6.43 Å². The maximum atomic E-state index is 12.4. The highest BCUT2D eigenvalue weighted by Gasteiger charge is 2.31. The van der Waals surface area contributed by atoms with Crippen LogP contribution < -0.4 is 4.74 Å². The van der Waals surface area contributed by atoms with Crippen LogP contribution in [0.3, 0.4) is 0 Å². The molecule has 0 aromatic heterocycles. The van der Waals surface area contributed by atoms with Gasteiger partial charge in [0, 0.05) is 0 Å². The van der Waals surface area contributed by atoms with E-state index >= 15 is 0 Å². The van der Waals surface area contributed by atoms with Gasteiger partial charge in [0.05, 0.1) is 17.2 Å². The molecular formula is C10H6F5NO. The van der Waals surface area contributed by atoms with Crippen LogP contribution in [0.1, 0.15) is 11.1 Å². The molecule has 1 rings (SSSR count). The lowest BCUT2D eigenvalue weighted by molar-refractivity contribution is -0.137. The summed E-state index contributed by atoms with van der Waals surface area (Å²) in [4.78, 5) is 0. The van der Waals surface area contributed by atoms with Crippen LogP contribution >= 0.6 is 0 Å². The fourth-order valence-corrected chi connectivity index (χ4v) is 1.07. The molecule has 92 valence electrons. The lowest BCUT2D eigenvalue weighted by Gasteiger charge is -2.10. The van der Waals surface area contributed by atoms with E-state index in [1.807, 2.05) is 0 Å². The third kappa shape index (κ3) is 3.90. The van der Waals surface area contributed by atoms with E-state index in [0.29, 0.717) is 12.1 Å². The minimum atomic E-state index is -4.66. The first-order valence-electron chi connectivity index (χ1n) is 4.36. The number of hydrogen-bond donors (Lipinski definition) is 0. The van der Waals surface area contributed by atoms with Crippen LogP contribution in [0.2, 0.25) is 0 Å². The van der Waals surface area contributed by atoms with Gasteiger partial charge in [0.2, 0.25) is 0 Å². The van der Waals surface area contributed by atoms with Gasteiger partial charge in [-0.25, -0.2) is 8.78 Å². The number of nitrogens with zero attached hydrogens (tertiary/aromatic N) is 1. The molecule has 0 radical (unpaired) electrons. The van der Waals surface area contributed by atoms with E-state index in [9.17, 15) is 22.0 Å². The molecular weight excluding hydrogens is 245 g/mol. The largest absolute Gasteiger partial charge is 0.488 e. The smallest absolute Gasteiger partial charge is 0.416 e. The zero-order valence-corrected chi connectivity index (χ0v) is 8.26. The van der Waals surface area contributed by atoms with Crippen molar-refractivity contribution in [3.05, 3.63) is 29.3 Å². The molecule has 0 amide bonds. The second-order valence-electron chi connectivity index (χ2n) is 3.06. The molecule has 0 saturated carbocycles. The van der Waals surface area contributed by atoms with Crippen molar-refractivity contribution in [1.29, 1.82) is 5.26 Å². The van der Waals surface area contributed by atoms with Gasteiger partial charge in [-0.2, -0.15) is 18.4 Å². The van der Waals surface area contributed by atoms with E-state index in [-0.39, 0.29) is 5.56 Å². The quantitative estimate of drug-likeness (QED) is 0.772. The fraction of sp³-hybridized carbons (Fsp3) is 0.300. The minimum absolute atomic E-state index is 0.302. The summed E-state index contributed by atoms with van der Waals surface area (Å²) in [5, 5.41) is 8.51. The Morgan fingerprint density at radius 2 is 1.88 bits per heavy atom. The molecule has 7 heteroatoms. The molecule has 0 N–H and O–H groups in total. The third-order valence-electron chi connectivity index (χ3n) is 1.74. The Balaban J connectivity index is 3.03. The predicted molar refractivity (Wildman–Crippen MR) is 47.7 cm³/mol. The van der Waals surface area contributed by atoms with Crippen LogP contribution in [0.15, 0.2) is 18.2 Å². The Hall–Kier alpha value is -1.84. The van der Waals surface area contributed by atoms with Crippen LogP contribution in [-0.2, 0) is 6.18 Å². The summed E-state index contributed by atoms with van der Waals surface area (Å²) >= 11 is 0. The number of halogens is 5. The average Bonchev–Trinajstić information content (AvgIpc) is 2.24. The number of hydrogen-bond acceptors (Lipinski definition) is 2. The predicted octanol–water partition coefficient (Wildman–Crippen LogP) is 3.22. The van der Waals surface area contributed by atoms with Gasteiger partial charge in [-0.15, -0.1) is 0 Å². The highest BCUT2D eigenvalue weighted by molar-refractivity contribution is 5.41. The molecule has 17 heavy (non-hydrogen) atoms. The first-order chi connectivity index (χ1) is 7.82. The van der Waals surface area contributed by atoms with Crippen molar-refractivity contribution >= 4 is 0 Å². The van der Waals surface area contributed by atoms with Gasteiger partial charge in [0.15, 0.2) is 0 Å². The van der Waals surface area contributed by atoms with Crippen molar-refractivity contribution < 1.29 is 26.7 Å². The Morgan fingerprint density at radius 1 is 1.24 bits per heavy atom. The SMILES string of the molecule is N#Cc1cc(OCC(F)F)cc(C(F)(F)F)c1. The van der Waals surface area contributed by atoms with Gasteiger partial charge in [0.1, 0.15) is 12.4 Å². The Bertz CT molecular complexity index is 435. The molecule has 0 bridgehead atoms. The lowest BCUT2D eigenvalue weighted by Crippen LogP contribution is -2.09. The standard InChI is InChI=1S/C10H6F5NO/c11-9(12)5-17-8-2-6(4-16)1-7(3-8)10(13,14)15/h1-3,9H,5H2. The highest BCUT2D eigenvalue weighted by Crippen LogP contribution is 2.32. The topological polar surface area (TPSA) is 33.0 Å². The van der Waals surface area contributed by atoms with Gasteiger partial charge in [-0.3, -0.25) is 0 Å². The number of alkyl halides is 5. The number of nitriles is 1. The van der Waals surface area contributed by atoms with E-state index in [1.165, 1.54) is 6.07 Å². The number of ether oxygens (including phenoxy) is 1. The third-order valence-corrected chi connectivity index (χ3v) is 1.74. The molecule has 0 atom stereocenters. The number of rotatable bonds is 3. The van der Waals surface area contributed by atoms with Gasteiger partial charge in [-0.05, 0) is 18.2 Å².